The number of nitrogens with zero attached hydrogens (tertiary/aromatic N) is 4. The van der Waals surface area contributed by atoms with Gasteiger partial charge in [-0.2, -0.15) is 5.10 Å². The van der Waals surface area contributed by atoms with Gasteiger partial charge in [-0.3, -0.25) is 4.79 Å². The molecule has 0 atom stereocenters. The van der Waals surface area contributed by atoms with E-state index in [0.717, 1.165) is 24.7 Å². The fraction of sp³-hybridized carbons (Fsp3) is 0.190. The lowest BCUT2D eigenvalue weighted by Gasteiger charge is -2.35. The van der Waals surface area contributed by atoms with Crippen LogP contribution in [0.4, 0.5) is 5.82 Å². The molecule has 1 aliphatic rings. The van der Waals surface area contributed by atoms with E-state index in [9.17, 15) is 4.79 Å². The summed E-state index contributed by atoms with van der Waals surface area (Å²) in [4.78, 5) is 16.8. The second-order valence-electron chi connectivity index (χ2n) is 6.30. The first-order chi connectivity index (χ1) is 13.3. The Kier molecular flexibility index (Phi) is 4.96. The Balaban J connectivity index is 1.36. The van der Waals surface area contributed by atoms with E-state index in [1.54, 1.807) is 6.20 Å². The third-order valence-corrected chi connectivity index (χ3v) is 4.53. The molecule has 136 valence electrons. The van der Waals surface area contributed by atoms with Crippen LogP contribution in [0.2, 0.25) is 0 Å². The van der Waals surface area contributed by atoms with E-state index < -0.39 is 0 Å². The molecule has 1 aromatic heterocycles. The lowest BCUT2D eigenvalue weighted by atomic mass is 10.1. The summed E-state index contributed by atoms with van der Waals surface area (Å²) in [6.07, 6.45) is 1.66. The SMILES string of the molecule is O=C(c1ccc(Oc2ccccc2)cc1)N1CCN(c2cccnn2)CC1. The van der Waals surface area contributed by atoms with Gasteiger partial charge in [-0.1, -0.05) is 18.2 Å². The third-order valence-electron chi connectivity index (χ3n) is 4.53. The van der Waals surface area contributed by atoms with Crippen LogP contribution in [0.1, 0.15) is 10.4 Å². The molecular weight excluding hydrogens is 340 g/mol. The average Bonchev–Trinajstić information content (AvgIpc) is 2.75. The second kappa shape index (κ2) is 7.86. The van der Waals surface area contributed by atoms with Crippen molar-refractivity contribution in [2.24, 2.45) is 0 Å². The van der Waals surface area contributed by atoms with Crippen LogP contribution in [0.5, 0.6) is 11.5 Å². The first kappa shape index (κ1) is 17.0. The lowest BCUT2D eigenvalue weighted by molar-refractivity contribution is 0.0746. The summed E-state index contributed by atoms with van der Waals surface area (Å²) in [7, 11) is 0. The number of piperazine rings is 1. The fourth-order valence-electron chi connectivity index (χ4n) is 3.07. The summed E-state index contributed by atoms with van der Waals surface area (Å²) >= 11 is 0. The first-order valence-electron chi connectivity index (χ1n) is 8.94. The number of hydrogen-bond acceptors (Lipinski definition) is 5. The molecule has 1 fully saturated rings. The van der Waals surface area contributed by atoms with Crippen molar-refractivity contribution in [3.05, 3.63) is 78.5 Å². The van der Waals surface area contributed by atoms with Crippen molar-refractivity contribution in [1.82, 2.24) is 15.1 Å². The maximum absolute atomic E-state index is 12.8. The summed E-state index contributed by atoms with van der Waals surface area (Å²) in [5.74, 6) is 2.38. The molecular formula is C21H20N4O2. The van der Waals surface area contributed by atoms with Gasteiger partial charge in [0.05, 0.1) is 0 Å². The topological polar surface area (TPSA) is 58.6 Å². The molecule has 4 rings (SSSR count). The van der Waals surface area contributed by atoms with Crippen LogP contribution in [0, 0.1) is 0 Å². The number of benzene rings is 2. The molecule has 2 aromatic carbocycles. The Hall–Kier alpha value is -3.41. The van der Waals surface area contributed by atoms with Gasteiger partial charge < -0.3 is 14.5 Å². The van der Waals surface area contributed by atoms with Gasteiger partial charge in [0.25, 0.3) is 5.91 Å². The Morgan fingerprint density at radius 3 is 2.19 bits per heavy atom. The number of ether oxygens (including phenoxy) is 1. The molecule has 0 radical (unpaired) electrons. The largest absolute Gasteiger partial charge is 0.457 e. The molecule has 3 aromatic rings. The zero-order valence-corrected chi connectivity index (χ0v) is 14.9. The molecule has 0 saturated carbocycles. The summed E-state index contributed by atoms with van der Waals surface area (Å²) in [5.41, 5.74) is 0.670. The van der Waals surface area contributed by atoms with Gasteiger partial charge in [0.2, 0.25) is 0 Å². The predicted octanol–water partition coefficient (Wildman–Crippen LogP) is 3.23. The highest BCUT2D eigenvalue weighted by Gasteiger charge is 2.22. The van der Waals surface area contributed by atoms with Crippen LogP contribution in [-0.2, 0) is 0 Å². The van der Waals surface area contributed by atoms with E-state index in [2.05, 4.69) is 15.1 Å². The average molecular weight is 360 g/mol. The minimum atomic E-state index is 0.0417. The fourth-order valence-corrected chi connectivity index (χ4v) is 3.07. The van der Waals surface area contributed by atoms with Crippen LogP contribution < -0.4 is 9.64 Å². The molecule has 0 bridgehead atoms. The molecule has 0 N–H and O–H groups in total. The zero-order valence-electron chi connectivity index (χ0n) is 14.9. The van der Waals surface area contributed by atoms with Gasteiger partial charge in [-0.25, -0.2) is 0 Å². The summed E-state index contributed by atoms with van der Waals surface area (Å²) in [6, 6.07) is 20.7. The number of carbonyl (C=O) groups is 1. The number of para-hydroxylation sites is 1. The van der Waals surface area contributed by atoms with Crippen LogP contribution in [0.3, 0.4) is 0 Å². The highest BCUT2D eigenvalue weighted by atomic mass is 16.5. The van der Waals surface area contributed by atoms with Crippen molar-refractivity contribution in [1.29, 1.82) is 0 Å². The second-order valence-corrected chi connectivity index (χ2v) is 6.30. The van der Waals surface area contributed by atoms with Crippen molar-refractivity contribution >= 4 is 11.7 Å². The van der Waals surface area contributed by atoms with Crippen LogP contribution in [0.25, 0.3) is 0 Å². The van der Waals surface area contributed by atoms with E-state index in [4.69, 9.17) is 4.74 Å². The third kappa shape index (κ3) is 4.06. The van der Waals surface area contributed by atoms with Gasteiger partial charge in [0.1, 0.15) is 11.5 Å². The summed E-state index contributed by atoms with van der Waals surface area (Å²) in [6.45, 7) is 2.83. The van der Waals surface area contributed by atoms with Gasteiger partial charge in [0.15, 0.2) is 5.82 Å². The van der Waals surface area contributed by atoms with Gasteiger partial charge in [-0.05, 0) is 48.5 Å². The molecule has 27 heavy (non-hydrogen) atoms. The number of amides is 1. The Morgan fingerprint density at radius 2 is 1.52 bits per heavy atom. The monoisotopic (exact) mass is 360 g/mol. The minimum Gasteiger partial charge on any atom is -0.457 e. The molecule has 0 aliphatic carbocycles. The van der Waals surface area contributed by atoms with E-state index in [1.807, 2.05) is 71.6 Å². The van der Waals surface area contributed by atoms with Crippen molar-refractivity contribution in [2.45, 2.75) is 0 Å². The van der Waals surface area contributed by atoms with E-state index >= 15 is 0 Å². The maximum atomic E-state index is 12.8. The van der Waals surface area contributed by atoms with Crippen molar-refractivity contribution < 1.29 is 9.53 Å². The molecule has 1 amide bonds. The summed E-state index contributed by atoms with van der Waals surface area (Å²) < 4.78 is 5.78. The number of hydrogen-bond donors (Lipinski definition) is 0. The van der Waals surface area contributed by atoms with Gasteiger partial charge in [0, 0.05) is 37.9 Å². The van der Waals surface area contributed by atoms with Crippen LogP contribution in [-0.4, -0.2) is 47.2 Å². The van der Waals surface area contributed by atoms with E-state index in [1.165, 1.54) is 0 Å². The Labute approximate surface area is 158 Å². The van der Waals surface area contributed by atoms with Crippen molar-refractivity contribution in [2.75, 3.05) is 31.1 Å². The van der Waals surface area contributed by atoms with Crippen molar-refractivity contribution in [3.8, 4) is 11.5 Å². The Bertz CT molecular complexity index is 877. The van der Waals surface area contributed by atoms with Gasteiger partial charge >= 0.3 is 0 Å². The molecule has 1 aliphatic heterocycles. The molecule has 6 heteroatoms. The van der Waals surface area contributed by atoms with E-state index in [0.29, 0.717) is 24.4 Å². The first-order valence-corrected chi connectivity index (χ1v) is 8.94. The molecule has 0 unspecified atom stereocenters. The minimum absolute atomic E-state index is 0.0417. The highest BCUT2D eigenvalue weighted by molar-refractivity contribution is 5.94. The van der Waals surface area contributed by atoms with Crippen LogP contribution in [0.15, 0.2) is 72.9 Å². The number of rotatable bonds is 4. The van der Waals surface area contributed by atoms with Gasteiger partial charge in [-0.15, -0.1) is 5.10 Å². The van der Waals surface area contributed by atoms with Crippen LogP contribution >= 0.6 is 0 Å². The summed E-state index contributed by atoms with van der Waals surface area (Å²) in [5, 5.41) is 8.05. The lowest BCUT2D eigenvalue weighted by Crippen LogP contribution is -2.49. The standard InChI is InChI=1S/C21H20N4O2/c26-21(25-15-13-24(14-16-25)20-7-4-12-22-23-20)17-8-10-19(11-9-17)27-18-5-2-1-3-6-18/h1-12H,13-16H2. The molecule has 6 nitrogen and oxygen atoms in total. The zero-order chi connectivity index (χ0) is 18.5. The number of carbonyl (C=O) groups excluding carboxylic acids is 1. The number of aromatic nitrogens is 2. The molecule has 1 saturated heterocycles. The Morgan fingerprint density at radius 1 is 0.815 bits per heavy atom. The van der Waals surface area contributed by atoms with E-state index in [-0.39, 0.29) is 5.91 Å². The molecule has 2 heterocycles. The molecule has 0 spiro atoms. The normalized spacial score (nSPS) is 14.1. The quantitative estimate of drug-likeness (QED) is 0.715. The van der Waals surface area contributed by atoms with Crippen molar-refractivity contribution in [3.63, 3.8) is 0 Å². The number of anilines is 1. The smallest absolute Gasteiger partial charge is 0.253 e. The highest BCUT2D eigenvalue weighted by Crippen LogP contribution is 2.22. The maximum Gasteiger partial charge on any atom is 0.253 e. The predicted molar refractivity (Wildman–Crippen MR) is 103 cm³/mol.